The van der Waals surface area contributed by atoms with Crippen molar-refractivity contribution in [2.24, 2.45) is 0 Å². The number of amides is 2. The molecule has 0 N–H and O–H groups in total. The fraction of sp³-hybridized carbons (Fsp3) is 0.417. The van der Waals surface area contributed by atoms with Gasteiger partial charge >= 0.3 is 0 Å². The smallest absolute Gasteiger partial charge is 0.254 e. The van der Waals surface area contributed by atoms with Gasteiger partial charge in [-0.3, -0.25) is 9.59 Å². The van der Waals surface area contributed by atoms with Crippen LogP contribution in [0.4, 0.5) is 0 Å². The molecule has 1 fully saturated rings. The lowest BCUT2D eigenvalue weighted by atomic mass is 9.98. The minimum atomic E-state index is 0.0397. The summed E-state index contributed by atoms with van der Waals surface area (Å²) < 4.78 is 0. The van der Waals surface area contributed by atoms with E-state index >= 15 is 0 Å². The van der Waals surface area contributed by atoms with E-state index in [-0.39, 0.29) is 11.8 Å². The second-order valence-electron chi connectivity index (χ2n) is 7.88. The zero-order chi connectivity index (χ0) is 19.5. The molecule has 2 amide bonds. The molecule has 2 aliphatic heterocycles. The maximum Gasteiger partial charge on any atom is 0.254 e. The predicted molar refractivity (Wildman–Crippen MR) is 110 cm³/mol. The number of nitrogens with zero attached hydrogens (tertiary/aromatic N) is 2. The molecular weight excluding hydrogens is 348 g/mol. The van der Waals surface area contributed by atoms with E-state index in [1.165, 1.54) is 17.5 Å². The van der Waals surface area contributed by atoms with Crippen molar-refractivity contribution in [1.29, 1.82) is 0 Å². The molecule has 1 atom stereocenters. The average molecular weight is 377 g/mol. The fourth-order valence-corrected chi connectivity index (χ4v) is 4.47. The number of piperidine rings is 1. The van der Waals surface area contributed by atoms with Crippen LogP contribution in [-0.4, -0.2) is 40.7 Å². The van der Waals surface area contributed by atoms with Gasteiger partial charge in [0.05, 0.1) is 0 Å². The summed E-state index contributed by atoms with van der Waals surface area (Å²) in [5, 5.41) is 0. The van der Waals surface area contributed by atoms with E-state index in [0.717, 1.165) is 38.8 Å². The molecule has 4 heteroatoms. The normalized spacial score (nSPS) is 19.2. The molecule has 2 aliphatic rings. The Morgan fingerprint density at radius 1 is 0.893 bits per heavy atom. The number of fused-ring (bicyclic) bond motifs is 1. The molecule has 2 heterocycles. The van der Waals surface area contributed by atoms with Crippen molar-refractivity contribution in [1.82, 2.24) is 9.80 Å². The van der Waals surface area contributed by atoms with Crippen molar-refractivity contribution in [2.75, 3.05) is 13.1 Å². The first kappa shape index (κ1) is 18.7. The van der Waals surface area contributed by atoms with Crippen LogP contribution in [0.25, 0.3) is 0 Å². The number of hydrogen-bond donors (Lipinski definition) is 0. The summed E-state index contributed by atoms with van der Waals surface area (Å²) in [6.07, 6.45) is 5.27. The first-order chi connectivity index (χ1) is 13.7. The van der Waals surface area contributed by atoms with Gasteiger partial charge in [0.1, 0.15) is 0 Å². The summed E-state index contributed by atoms with van der Waals surface area (Å²) in [7, 11) is 0. The highest BCUT2D eigenvalue weighted by atomic mass is 16.2. The SMILES string of the molecule is CCC1CCCCN1C(=O)c1ccc(C(=O)N2CCc3ccccc3C2)cc1. The van der Waals surface area contributed by atoms with Crippen LogP contribution in [-0.2, 0) is 13.0 Å². The molecule has 0 bridgehead atoms. The molecule has 0 saturated carbocycles. The van der Waals surface area contributed by atoms with E-state index in [4.69, 9.17) is 0 Å². The fourth-order valence-electron chi connectivity index (χ4n) is 4.47. The number of carbonyl (C=O) groups excluding carboxylic acids is 2. The molecule has 0 spiro atoms. The number of benzene rings is 2. The maximum absolute atomic E-state index is 12.9. The van der Waals surface area contributed by atoms with Gasteiger partial charge in [-0.25, -0.2) is 0 Å². The highest BCUT2D eigenvalue weighted by molar-refractivity contribution is 5.98. The third kappa shape index (κ3) is 3.68. The molecule has 0 aliphatic carbocycles. The van der Waals surface area contributed by atoms with Crippen LogP contribution < -0.4 is 0 Å². The Bertz CT molecular complexity index is 859. The summed E-state index contributed by atoms with van der Waals surface area (Å²) in [6.45, 7) is 4.38. The van der Waals surface area contributed by atoms with Gasteiger partial charge in [-0.2, -0.15) is 0 Å². The lowest BCUT2D eigenvalue weighted by Gasteiger charge is -2.35. The van der Waals surface area contributed by atoms with Gasteiger partial charge in [-0.05, 0) is 67.5 Å². The standard InChI is InChI=1S/C24H28N2O2/c1-2-22-9-5-6-15-26(22)24(28)20-12-10-19(11-13-20)23(27)25-16-14-18-7-3-4-8-21(18)17-25/h3-4,7-8,10-13,22H,2,5-6,9,14-17H2,1H3. The third-order valence-electron chi connectivity index (χ3n) is 6.16. The number of likely N-dealkylation sites (tertiary alicyclic amines) is 1. The molecule has 146 valence electrons. The average Bonchev–Trinajstić information content (AvgIpc) is 2.77. The summed E-state index contributed by atoms with van der Waals surface area (Å²) in [6, 6.07) is 15.9. The van der Waals surface area contributed by atoms with Gasteiger partial charge < -0.3 is 9.80 Å². The Balaban J connectivity index is 1.46. The Hall–Kier alpha value is -2.62. The van der Waals surface area contributed by atoms with Crippen molar-refractivity contribution in [2.45, 2.75) is 51.6 Å². The van der Waals surface area contributed by atoms with Gasteiger partial charge in [0.15, 0.2) is 0 Å². The Morgan fingerprint density at radius 3 is 2.29 bits per heavy atom. The van der Waals surface area contributed by atoms with Crippen LogP contribution >= 0.6 is 0 Å². The van der Waals surface area contributed by atoms with Crippen molar-refractivity contribution < 1.29 is 9.59 Å². The summed E-state index contributed by atoms with van der Waals surface area (Å²) >= 11 is 0. The lowest BCUT2D eigenvalue weighted by molar-refractivity contribution is 0.0607. The van der Waals surface area contributed by atoms with E-state index in [1.54, 1.807) is 12.1 Å². The van der Waals surface area contributed by atoms with Gasteiger partial charge in [-0.1, -0.05) is 31.2 Å². The molecule has 0 radical (unpaired) electrons. The van der Waals surface area contributed by atoms with Crippen molar-refractivity contribution >= 4 is 11.8 Å². The number of hydrogen-bond acceptors (Lipinski definition) is 2. The molecule has 4 nitrogen and oxygen atoms in total. The Labute approximate surface area is 167 Å². The molecule has 2 aromatic rings. The Morgan fingerprint density at radius 2 is 1.57 bits per heavy atom. The predicted octanol–water partition coefficient (Wildman–Crippen LogP) is 4.29. The van der Waals surface area contributed by atoms with Crippen LogP contribution in [0.2, 0.25) is 0 Å². The van der Waals surface area contributed by atoms with Gasteiger partial charge in [-0.15, -0.1) is 0 Å². The van der Waals surface area contributed by atoms with Gasteiger partial charge in [0.25, 0.3) is 11.8 Å². The Kier molecular flexibility index (Phi) is 5.47. The van der Waals surface area contributed by atoms with Crippen LogP contribution in [0, 0.1) is 0 Å². The van der Waals surface area contributed by atoms with Crippen molar-refractivity contribution in [3.05, 3.63) is 70.8 Å². The highest BCUT2D eigenvalue weighted by Crippen LogP contribution is 2.23. The largest absolute Gasteiger partial charge is 0.336 e. The second kappa shape index (κ2) is 8.17. The number of rotatable bonds is 3. The van der Waals surface area contributed by atoms with E-state index in [1.807, 2.05) is 28.0 Å². The first-order valence-electron chi connectivity index (χ1n) is 10.4. The third-order valence-corrected chi connectivity index (χ3v) is 6.16. The summed E-state index contributed by atoms with van der Waals surface area (Å²) in [5.41, 5.74) is 3.90. The van der Waals surface area contributed by atoms with E-state index in [9.17, 15) is 9.59 Å². The summed E-state index contributed by atoms with van der Waals surface area (Å²) in [5.74, 6) is 0.135. The van der Waals surface area contributed by atoms with Crippen LogP contribution in [0.5, 0.6) is 0 Å². The minimum absolute atomic E-state index is 0.0397. The molecule has 2 aromatic carbocycles. The quantitative estimate of drug-likeness (QED) is 0.802. The minimum Gasteiger partial charge on any atom is -0.336 e. The van der Waals surface area contributed by atoms with Crippen LogP contribution in [0.3, 0.4) is 0 Å². The van der Waals surface area contributed by atoms with Crippen LogP contribution in [0.15, 0.2) is 48.5 Å². The molecule has 1 saturated heterocycles. The summed E-state index contributed by atoms with van der Waals surface area (Å²) in [4.78, 5) is 29.8. The molecule has 28 heavy (non-hydrogen) atoms. The van der Waals surface area contributed by atoms with Gasteiger partial charge in [0, 0.05) is 36.8 Å². The molecule has 0 aromatic heterocycles. The van der Waals surface area contributed by atoms with E-state index < -0.39 is 0 Å². The van der Waals surface area contributed by atoms with Gasteiger partial charge in [0.2, 0.25) is 0 Å². The second-order valence-corrected chi connectivity index (χ2v) is 7.88. The zero-order valence-corrected chi connectivity index (χ0v) is 16.6. The monoisotopic (exact) mass is 376 g/mol. The lowest BCUT2D eigenvalue weighted by Crippen LogP contribution is -2.43. The maximum atomic E-state index is 12.9. The molecule has 1 unspecified atom stereocenters. The van der Waals surface area contributed by atoms with Crippen LogP contribution in [0.1, 0.15) is 64.4 Å². The van der Waals surface area contributed by atoms with E-state index in [0.29, 0.717) is 23.7 Å². The molecular formula is C24H28N2O2. The number of carbonyl (C=O) groups is 2. The van der Waals surface area contributed by atoms with E-state index in [2.05, 4.69) is 25.1 Å². The first-order valence-corrected chi connectivity index (χ1v) is 10.4. The van der Waals surface area contributed by atoms with Crippen molar-refractivity contribution in [3.8, 4) is 0 Å². The zero-order valence-electron chi connectivity index (χ0n) is 16.6. The molecule has 4 rings (SSSR count). The van der Waals surface area contributed by atoms with Crippen molar-refractivity contribution in [3.63, 3.8) is 0 Å². The topological polar surface area (TPSA) is 40.6 Å². The highest BCUT2D eigenvalue weighted by Gasteiger charge is 2.27.